The summed E-state index contributed by atoms with van der Waals surface area (Å²) < 4.78 is 0. The Bertz CT molecular complexity index is 190. The van der Waals surface area contributed by atoms with Crippen molar-refractivity contribution in [3.05, 3.63) is 0 Å². The van der Waals surface area contributed by atoms with Gasteiger partial charge in [0, 0.05) is 6.04 Å². The van der Waals surface area contributed by atoms with Crippen LogP contribution in [0.4, 0.5) is 0 Å². The summed E-state index contributed by atoms with van der Waals surface area (Å²) in [5.74, 6) is 0.711. The second-order valence-electron chi connectivity index (χ2n) is 7.08. The minimum atomic E-state index is 0.419. The van der Waals surface area contributed by atoms with Crippen LogP contribution in [0.25, 0.3) is 0 Å². The van der Waals surface area contributed by atoms with Crippen molar-refractivity contribution in [2.75, 3.05) is 0 Å². The number of hydrogen-bond donors (Lipinski definition) is 1. The molecule has 0 aliphatic rings. The molecule has 2 N–H and O–H groups in total. The normalized spacial score (nSPS) is 14.3. The van der Waals surface area contributed by atoms with Gasteiger partial charge in [0.05, 0.1) is 0 Å². The lowest BCUT2D eigenvalue weighted by Crippen LogP contribution is -2.27. The molecule has 0 heterocycles. The zero-order valence-electron chi connectivity index (χ0n) is 15.3. The third kappa shape index (κ3) is 14.7. The summed E-state index contributed by atoms with van der Waals surface area (Å²) in [5.41, 5.74) is 6.06. The summed E-state index contributed by atoms with van der Waals surface area (Å²) in [7, 11) is 0. The van der Waals surface area contributed by atoms with Crippen molar-refractivity contribution in [3.8, 4) is 0 Å². The molecule has 0 spiro atoms. The summed E-state index contributed by atoms with van der Waals surface area (Å²) >= 11 is 0. The number of rotatable bonds is 16. The first-order valence-corrected chi connectivity index (χ1v) is 9.97. The summed E-state index contributed by atoms with van der Waals surface area (Å²) in [5, 5.41) is 0. The van der Waals surface area contributed by atoms with Gasteiger partial charge in [0.25, 0.3) is 0 Å². The average Bonchev–Trinajstić information content (AvgIpc) is 2.50. The number of unbranched alkanes of at least 4 members (excludes halogenated alkanes) is 12. The second-order valence-corrected chi connectivity index (χ2v) is 7.08. The summed E-state index contributed by atoms with van der Waals surface area (Å²) in [6.45, 7) is 6.80. The Morgan fingerprint density at radius 1 is 0.619 bits per heavy atom. The predicted molar refractivity (Wildman–Crippen MR) is 97.7 cm³/mol. The lowest BCUT2D eigenvalue weighted by atomic mass is 9.94. The van der Waals surface area contributed by atoms with Crippen molar-refractivity contribution in [1.29, 1.82) is 0 Å². The van der Waals surface area contributed by atoms with E-state index in [4.69, 9.17) is 5.73 Å². The molecule has 0 aromatic heterocycles. The Morgan fingerprint density at radius 3 is 1.38 bits per heavy atom. The van der Waals surface area contributed by atoms with Crippen molar-refractivity contribution in [2.24, 2.45) is 11.7 Å². The maximum absolute atomic E-state index is 6.06. The van der Waals surface area contributed by atoms with Gasteiger partial charge in [-0.25, -0.2) is 0 Å². The number of nitrogens with two attached hydrogens (primary N) is 1. The Balaban J connectivity index is 3.09. The van der Waals surface area contributed by atoms with Gasteiger partial charge in [0.1, 0.15) is 0 Å². The van der Waals surface area contributed by atoms with Gasteiger partial charge in [0.15, 0.2) is 0 Å². The largest absolute Gasteiger partial charge is 0.327 e. The van der Waals surface area contributed by atoms with Gasteiger partial charge < -0.3 is 5.73 Å². The molecule has 0 radical (unpaired) electrons. The van der Waals surface area contributed by atoms with E-state index in [1.807, 2.05) is 0 Å². The van der Waals surface area contributed by atoms with E-state index in [-0.39, 0.29) is 0 Å². The topological polar surface area (TPSA) is 26.0 Å². The Labute approximate surface area is 135 Å². The van der Waals surface area contributed by atoms with Crippen molar-refractivity contribution in [3.63, 3.8) is 0 Å². The zero-order chi connectivity index (χ0) is 15.8. The maximum Gasteiger partial charge on any atom is 0.00619 e. The van der Waals surface area contributed by atoms with Crippen molar-refractivity contribution in [2.45, 2.75) is 123 Å². The molecule has 0 fully saturated rings. The molecule has 1 nitrogen and oxygen atoms in total. The average molecular weight is 298 g/mol. The Kier molecular flexibility index (Phi) is 16.3. The zero-order valence-corrected chi connectivity index (χ0v) is 15.3. The van der Waals surface area contributed by atoms with E-state index in [0.29, 0.717) is 12.0 Å². The molecular formula is C20H43N. The Hall–Kier alpha value is -0.0400. The monoisotopic (exact) mass is 297 g/mol. The first kappa shape index (κ1) is 21.0. The molecule has 0 rings (SSSR count). The van der Waals surface area contributed by atoms with Gasteiger partial charge in [-0.05, 0) is 18.8 Å². The van der Waals surface area contributed by atoms with Crippen LogP contribution in [-0.4, -0.2) is 6.04 Å². The maximum atomic E-state index is 6.06. The second kappa shape index (κ2) is 16.3. The molecule has 2 atom stereocenters. The highest BCUT2D eigenvalue weighted by Crippen LogP contribution is 2.16. The van der Waals surface area contributed by atoms with Crippen LogP contribution in [0.5, 0.6) is 0 Å². The first-order chi connectivity index (χ1) is 10.2. The van der Waals surface area contributed by atoms with Crippen LogP contribution < -0.4 is 5.73 Å². The van der Waals surface area contributed by atoms with Gasteiger partial charge >= 0.3 is 0 Å². The van der Waals surface area contributed by atoms with Crippen LogP contribution in [0.1, 0.15) is 117 Å². The molecule has 0 aromatic rings. The molecule has 1 heteroatoms. The van der Waals surface area contributed by atoms with Crippen molar-refractivity contribution >= 4 is 0 Å². The molecule has 0 saturated carbocycles. The van der Waals surface area contributed by atoms with Crippen LogP contribution in [0.15, 0.2) is 0 Å². The van der Waals surface area contributed by atoms with Crippen LogP contribution in [0.2, 0.25) is 0 Å². The van der Waals surface area contributed by atoms with E-state index in [1.54, 1.807) is 0 Å². The van der Waals surface area contributed by atoms with E-state index in [0.717, 1.165) is 6.42 Å². The molecular weight excluding hydrogens is 254 g/mol. The highest BCUT2D eigenvalue weighted by Gasteiger charge is 2.09. The van der Waals surface area contributed by atoms with Gasteiger partial charge in [-0.3, -0.25) is 0 Å². The standard InChI is InChI=1S/C20H43N/c1-4-6-7-8-9-10-11-12-13-14-15-16-17-18-19(3)20(21)5-2/h19-20H,4-18,21H2,1-3H3. The SMILES string of the molecule is CCCCCCCCCCCCCCCC(C)C(N)CC. The molecule has 0 bridgehead atoms. The van der Waals surface area contributed by atoms with Gasteiger partial charge in [-0.1, -0.05) is 104 Å². The highest BCUT2D eigenvalue weighted by atomic mass is 14.6. The molecule has 21 heavy (non-hydrogen) atoms. The molecule has 0 amide bonds. The molecule has 0 aromatic carbocycles. The van der Waals surface area contributed by atoms with Crippen molar-refractivity contribution in [1.82, 2.24) is 0 Å². The molecule has 2 unspecified atom stereocenters. The third-order valence-corrected chi connectivity index (χ3v) is 4.97. The quantitative estimate of drug-likeness (QED) is 0.310. The minimum absolute atomic E-state index is 0.419. The van der Waals surface area contributed by atoms with Crippen LogP contribution in [0, 0.1) is 5.92 Å². The minimum Gasteiger partial charge on any atom is -0.327 e. The van der Waals surface area contributed by atoms with Crippen LogP contribution in [0.3, 0.4) is 0 Å². The fourth-order valence-electron chi connectivity index (χ4n) is 3.10. The van der Waals surface area contributed by atoms with Crippen molar-refractivity contribution < 1.29 is 0 Å². The molecule has 0 saturated heterocycles. The summed E-state index contributed by atoms with van der Waals surface area (Å²) in [6.07, 6.45) is 21.2. The van der Waals surface area contributed by atoms with Gasteiger partial charge in [-0.15, -0.1) is 0 Å². The molecule has 0 aliphatic heterocycles. The van der Waals surface area contributed by atoms with E-state index >= 15 is 0 Å². The van der Waals surface area contributed by atoms with Crippen LogP contribution >= 0.6 is 0 Å². The first-order valence-electron chi connectivity index (χ1n) is 9.97. The predicted octanol–water partition coefficient (Wildman–Crippen LogP) is 6.84. The molecule has 0 aliphatic carbocycles. The van der Waals surface area contributed by atoms with Gasteiger partial charge in [-0.2, -0.15) is 0 Å². The van der Waals surface area contributed by atoms with E-state index in [2.05, 4.69) is 20.8 Å². The van der Waals surface area contributed by atoms with Crippen LogP contribution in [-0.2, 0) is 0 Å². The van der Waals surface area contributed by atoms with E-state index < -0.39 is 0 Å². The fourth-order valence-corrected chi connectivity index (χ4v) is 3.10. The molecule has 128 valence electrons. The fraction of sp³-hybridized carbons (Fsp3) is 1.00. The lowest BCUT2D eigenvalue weighted by Gasteiger charge is -2.17. The Morgan fingerprint density at radius 2 is 1.00 bits per heavy atom. The van der Waals surface area contributed by atoms with Gasteiger partial charge in [0.2, 0.25) is 0 Å². The lowest BCUT2D eigenvalue weighted by molar-refractivity contribution is 0.396. The van der Waals surface area contributed by atoms with E-state index in [9.17, 15) is 0 Å². The smallest absolute Gasteiger partial charge is 0.00619 e. The number of hydrogen-bond acceptors (Lipinski definition) is 1. The third-order valence-electron chi connectivity index (χ3n) is 4.97. The summed E-state index contributed by atoms with van der Waals surface area (Å²) in [4.78, 5) is 0. The summed E-state index contributed by atoms with van der Waals surface area (Å²) in [6, 6.07) is 0.419. The highest BCUT2D eigenvalue weighted by molar-refractivity contribution is 4.67. The van der Waals surface area contributed by atoms with E-state index in [1.165, 1.54) is 89.9 Å².